The number of anilines is 1. The first-order valence-corrected chi connectivity index (χ1v) is 7.68. The summed E-state index contributed by atoms with van der Waals surface area (Å²) in [5.41, 5.74) is 3.56. The van der Waals surface area contributed by atoms with Crippen LogP contribution in [0.5, 0.6) is 0 Å². The zero-order valence-electron chi connectivity index (χ0n) is 12.9. The van der Waals surface area contributed by atoms with Gasteiger partial charge in [0.2, 0.25) is 0 Å². The Bertz CT molecular complexity index is 962. The maximum atomic E-state index is 13.1. The maximum Gasteiger partial charge on any atom is 0.157 e. The van der Waals surface area contributed by atoms with Crippen molar-refractivity contribution in [2.45, 2.75) is 6.54 Å². The highest BCUT2D eigenvalue weighted by atomic mass is 19.1. The summed E-state index contributed by atoms with van der Waals surface area (Å²) in [6.07, 6.45) is 1.71. The monoisotopic (exact) mass is 318 g/mol. The second-order valence-corrected chi connectivity index (χ2v) is 5.47. The molecule has 4 aromatic rings. The molecule has 0 saturated heterocycles. The minimum atomic E-state index is -0.258. The van der Waals surface area contributed by atoms with Gasteiger partial charge in [0.1, 0.15) is 11.6 Å². The molecule has 0 aliphatic carbocycles. The maximum absolute atomic E-state index is 13.1. The van der Waals surface area contributed by atoms with Crippen LogP contribution >= 0.6 is 0 Å². The SMILES string of the molecule is Fc1ccc(-c2cc(NCc3ccccc3)n3nccc3n2)cc1. The zero-order chi connectivity index (χ0) is 16.4. The van der Waals surface area contributed by atoms with Gasteiger partial charge in [-0.1, -0.05) is 30.3 Å². The Morgan fingerprint density at radius 3 is 2.54 bits per heavy atom. The van der Waals surface area contributed by atoms with Crippen LogP contribution < -0.4 is 5.32 Å². The number of hydrogen-bond donors (Lipinski definition) is 1. The molecule has 2 heterocycles. The highest BCUT2D eigenvalue weighted by molar-refractivity contribution is 5.66. The van der Waals surface area contributed by atoms with Gasteiger partial charge in [0, 0.05) is 24.2 Å². The van der Waals surface area contributed by atoms with E-state index in [-0.39, 0.29) is 5.82 Å². The predicted octanol–water partition coefficient (Wildman–Crippen LogP) is 4.15. The van der Waals surface area contributed by atoms with Gasteiger partial charge < -0.3 is 5.32 Å². The molecule has 0 aliphatic rings. The molecule has 0 spiro atoms. The van der Waals surface area contributed by atoms with Crippen LogP contribution in [0.15, 0.2) is 72.9 Å². The van der Waals surface area contributed by atoms with E-state index in [1.54, 1.807) is 22.8 Å². The first-order chi connectivity index (χ1) is 11.8. The van der Waals surface area contributed by atoms with Crippen molar-refractivity contribution in [1.82, 2.24) is 14.6 Å². The Kier molecular flexibility index (Phi) is 3.67. The fourth-order valence-corrected chi connectivity index (χ4v) is 2.60. The van der Waals surface area contributed by atoms with Crippen molar-refractivity contribution in [3.8, 4) is 11.3 Å². The summed E-state index contributed by atoms with van der Waals surface area (Å²) in [7, 11) is 0. The molecule has 0 saturated carbocycles. The average molecular weight is 318 g/mol. The lowest BCUT2D eigenvalue weighted by Crippen LogP contribution is -2.06. The van der Waals surface area contributed by atoms with Crippen molar-refractivity contribution < 1.29 is 4.39 Å². The van der Waals surface area contributed by atoms with Crippen LogP contribution in [0.2, 0.25) is 0 Å². The molecule has 0 atom stereocenters. The fraction of sp³-hybridized carbons (Fsp3) is 0.0526. The topological polar surface area (TPSA) is 42.2 Å². The standard InChI is InChI=1S/C19H15FN4/c20-16-8-6-15(7-9-16)17-12-19(24-18(23-17)10-11-22-24)21-13-14-4-2-1-3-5-14/h1-12,21H,13H2. The summed E-state index contributed by atoms with van der Waals surface area (Å²) < 4.78 is 14.9. The van der Waals surface area contributed by atoms with E-state index in [1.807, 2.05) is 30.3 Å². The Labute approximate surface area is 138 Å². The van der Waals surface area contributed by atoms with E-state index in [0.29, 0.717) is 6.54 Å². The lowest BCUT2D eigenvalue weighted by molar-refractivity contribution is 0.628. The Balaban J connectivity index is 1.71. The van der Waals surface area contributed by atoms with Gasteiger partial charge in [0.05, 0.1) is 11.9 Å². The van der Waals surface area contributed by atoms with E-state index in [9.17, 15) is 4.39 Å². The molecule has 24 heavy (non-hydrogen) atoms. The van der Waals surface area contributed by atoms with Crippen LogP contribution in [-0.4, -0.2) is 14.6 Å². The first-order valence-electron chi connectivity index (χ1n) is 7.68. The Morgan fingerprint density at radius 1 is 0.958 bits per heavy atom. The van der Waals surface area contributed by atoms with Crippen molar-refractivity contribution in [2.24, 2.45) is 0 Å². The summed E-state index contributed by atoms with van der Waals surface area (Å²) in [4.78, 5) is 4.59. The van der Waals surface area contributed by atoms with Crippen LogP contribution in [0.25, 0.3) is 16.9 Å². The third kappa shape index (κ3) is 2.84. The van der Waals surface area contributed by atoms with Gasteiger partial charge in [-0.2, -0.15) is 9.61 Å². The van der Waals surface area contributed by atoms with E-state index in [1.165, 1.54) is 17.7 Å². The van der Waals surface area contributed by atoms with Crippen LogP contribution in [-0.2, 0) is 6.54 Å². The molecule has 2 aromatic carbocycles. The number of nitrogens with one attached hydrogen (secondary N) is 1. The Hall–Kier alpha value is -3.21. The summed E-state index contributed by atoms with van der Waals surface area (Å²) in [6.45, 7) is 0.683. The molecule has 0 radical (unpaired) electrons. The average Bonchev–Trinajstić information content (AvgIpc) is 3.10. The molecule has 118 valence electrons. The molecule has 0 fully saturated rings. The van der Waals surface area contributed by atoms with E-state index in [2.05, 4.69) is 27.5 Å². The molecule has 1 N–H and O–H groups in total. The van der Waals surface area contributed by atoms with E-state index in [4.69, 9.17) is 0 Å². The lowest BCUT2D eigenvalue weighted by Gasteiger charge is -2.11. The lowest BCUT2D eigenvalue weighted by atomic mass is 10.1. The second kappa shape index (κ2) is 6.12. The van der Waals surface area contributed by atoms with Gasteiger partial charge in [-0.15, -0.1) is 0 Å². The molecule has 4 rings (SSSR count). The third-order valence-electron chi connectivity index (χ3n) is 3.82. The summed E-state index contributed by atoms with van der Waals surface area (Å²) in [5.74, 6) is 0.583. The molecule has 0 bridgehead atoms. The van der Waals surface area contributed by atoms with Crippen LogP contribution in [0.1, 0.15) is 5.56 Å². The van der Waals surface area contributed by atoms with Gasteiger partial charge in [-0.05, 0) is 29.8 Å². The van der Waals surface area contributed by atoms with Crippen molar-refractivity contribution in [1.29, 1.82) is 0 Å². The van der Waals surface area contributed by atoms with Gasteiger partial charge in [0.15, 0.2) is 5.65 Å². The van der Waals surface area contributed by atoms with E-state index >= 15 is 0 Å². The molecule has 4 nitrogen and oxygen atoms in total. The summed E-state index contributed by atoms with van der Waals surface area (Å²) in [6, 6.07) is 20.3. The van der Waals surface area contributed by atoms with Crippen molar-refractivity contribution >= 4 is 11.5 Å². The molecule has 0 aliphatic heterocycles. The van der Waals surface area contributed by atoms with E-state index < -0.39 is 0 Å². The molecular formula is C19H15FN4. The predicted molar refractivity (Wildman–Crippen MR) is 92.1 cm³/mol. The largest absolute Gasteiger partial charge is 0.366 e. The number of benzene rings is 2. The fourth-order valence-electron chi connectivity index (χ4n) is 2.60. The molecule has 0 unspecified atom stereocenters. The van der Waals surface area contributed by atoms with Crippen molar-refractivity contribution in [3.05, 3.63) is 84.3 Å². The van der Waals surface area contributed by atoms with Crippen LogP contribution in [0.3, 0.4) is 0 Å². The smallest absolute Gasteiger partial charge is 0.157 e. The highest BCUT2D eigenvalue weighted by Gasteiger charge is 2.08. The number of fused-ring (bicyclic) bond motifs is 1. The van der Waals surface area contributed by atoms with Crippen molar-refractivity contribution in [3.63, 3.8) is 0 Å². The molecule has 2 aromatic heterocycles. The van der Waals surface area contributed by atoms with Gasteiger partial charge >= 0.3 is 0 Å². The van der Waals surface area contributed by atoms with Crippen molar-refractivity contribution in [2.75, 3.05) is 5.32 Å². The van der Waals surface area contributed by atoms with Crippen LogP contribution in [0, 0.1) is 5.82 Å². The zero-order valence-corrected chi connectivity index (χ0v) is 12.9. The first kappa shape index (κ1) is 14.4. The number of hydrogen-bond acceptors (Lipinski definition) is 3. The minimum absolute atomic E-state index is 0.258. The molecular weight excluding hydrogens is 303 g/mol. The number of rotatable bonds is 4. The summed E-state index contributed by atoms with van der Waals surface area (Å²) >= 11 is 0. The van der Waals surface area contributed by atoms with Crippen LogP contribution in [0.4, 0.5) is 10.2 Å². The van der Waals surface area contributed by atoms with Gasteiger partial charge in [0.25, 0.3) is 0 Å². The summed E-state index contributed by atoms with van der Waals surface area (Å²) in [5, 5.41) is 7.71. The van der Waals surface area contributed by atoms with E-state index in [0.717, 1.165) is 22.7 Å². The second-order valence-electron chi connectivity index (χ2n) is 5.47. The highest BCUT2D eigenvalue weighted by Crippen LogP contribution is 2.22. The van der Waals surface area contributed by atoms with Gasteiger partial charge in [-0.3, -0.25) is 0 Å². The van der Waals surface area contributed by atoms with Gasteiger partial charge in [-0.25, -0.2) is 9.37 Å². The minimum Gasteiger partial charge on any atom is -0.366 e. The number of nitrogens with zero attached hydrogens (tertiary/aromatic N) is 3. The third-order valence-corrected chi connectivity index (χ3v) is 3.82. The number of aromatic nitrogens is 3. The normalized spacial score (nSPS) is 10.9. The molecule has 5 heteroatoms. The quantitative estimate of drug-likeness (QED) is 0.615. The Morgan fingerprint density at radius 2 is 1.75 bits per heavy atom. The molecule has 0 amide bonds. The number of halogens is 1.